The molecule has 0 aliphatic heterocycles. The summed E-state index contributed by atoms with van der Waals surface area (Å²) in [7, 11) is -2.98. The molecule has 0 saturated carbocycles. The van der Waals surface area contributed by atoms with Gasteiger partial charge in [-0.1, -0.05) is 224 Å². The molecular formula is C60H42Si. The van der Waals surface area contributed by atoms with E-state index >= 15 is 0 Å². The zero-order valence-corrected chi connectivity index (χ0v) is 35.3. The highest BCUT2D eigenvalue weighted by molar-refractivity contribution is 7.21. The van der Waals surface area contributed by atoms with E-state index in [2.05, 4.69) is 232 Å². The van der Waals surface area contributed by atoms with E-state index in [4.69, 9.17) is 0 Å². The SMILES string of the molecule is Cc1cc([Si](c2ccccc2)(c2ccccc2)c2ccc3ccc4cccc5ccc2c3c45)c(C)cc1-c1c2ccccc2c(-c2cccc3ccccc23)c2ccccc12. The highest BCUT2D eigenvalue weighted by Crippen LogP contribution is 2.46. The molecule has 0 radical (unpaired) electrons. The lowest BCUT2D eigenvalue weighted by Gasteiger charge is -2.37. The summed E-state index contributed by atoms with van der Waals surface area (Å²) in [6, 6.07) is 82.6. The Bertz CT molecular complexity index is 3540. The lowest BCUT2D eigenvalue weighted by atomic mass is 9.83. The van der Waals surface area contributed by atoms with Gasteiger partial charge in [-0.15, -0.1) is 0 Å². The Morgan fingerprint density at radius 2 is 0.738 bits per heavy atom. The zero-order chi connectivity index (χ0) is 40.7. The van der Waals surface area contributed by atoms with Gasteiger partial charge in [-0.3, -0.25) is 0 Å². The van der Waals surface area contributed by atoms with Crippen molar-refractivity contribution >= 4 is 93.5 Å². The Labute approximate surface area is 357 Å². The quantitative estimate of drug-likeness (QED) is 0.0681. The topological polar surface area (TPSA) is 0 Å². The average molecular weight is 791 g/mol. The molecular weight excluding hydrogens is 749 g/mol. The number of rotatable bonds is 6. The molecule has 0 amide bonds. The maximum atomic E-state index is 2.58. The van der Waals surface area contributed by atoms with E-state index in [9.17, 15) is 0 Å². The summed E-state index contributed by atoms with van der Waals surface area (Å²) in [5.41, 5.74) is 7.77. The van der Waals surface area contributed by atoms with Gasteiger partial charge in [-0.05, 0) is 127 Å². The smallest absolute Gasteiger partial charge is 0.0623 e. The monoisotopic (exact) mass is 790 g/mol. The van der Waals surface area contributed by atoms with Gasteiger partial charge in [0.05, 0.1) is 0 Å². The van der Waals surface area contributed by atoms with Gasteiger partial charge in [-0.2, -0.15) is 0 Å². The molecule has 0 bridgehead atoms. The highest BCUT2D eigenvalue weighted by atomic mass is 28.3. The van der Waals surface area contributed by atoms with Gasteiger partial charge in [0.1, 0.15) is 0 Å². The van der Waals surface area contributed by atoms with Crippen LogP contribution in [0, 0.1) is 13.8 Å². The zero-order valence-electron chi connectivity index (χ0n) is 34.3. The largest absolute Gasteiger partial charge is 0.180 e. The molecule has 61 heavy (non-hydrogen) atoms. The fourth-order valence-corrected chi connectivity index (χ4v) is 16.3. The van der Waals surface area contributed by atoms with Crippen LogP contribution in [0.1, 0.15) is 11.1 Å². The Morgan fingerprint density at radius 1 is 0.279 bits per heavy atom. The predicted molar refractivity (Wildman–Crippen MR) is 267 cm³/mol. The summed E-state index contributed by atoms with van der Waals surface area (Å²) in [6.45, 7) is 4.72. The van der Waals surface area contributed by atoms with Gasteiger partial charge in [-0.25, -0.2) is 0 Å². The summed E-state index contributed by atoms with van der Waals surface area (Å²) in [5, 5.41) is 21.2. The highest BCUT2D eigenvalue weighted by Gasteiger charge is 2.44. The van der Waals surface area contributed by atoms with E-state index < -0.39 is 8.07 Å². The van der Waals surface area contributed by atoms with E-state index in [1.807, 2.05) is 0 Å². The van der Waals surface area contributed by atoms with E-state index in [0.29, 0.717) is 0 Å². The normalized spacial score (nSPS) is 12.1. The number of aryl methyl sites for hydroxylation is 2. The second kappa shape index (κ2) is 13.9. The number of benzene rings is 12. The third-order valence-corrected chi connectivity index (χ3v) is 18.6. The lowest BCUT2D eigenvalue weighted by molar-refractivity contribution is 1.42. The maximum Gasteiger partial charge on any atom is 0.180 e. The van der Waals surface area contributed by atoms with Crippen molar-refractivity contribution < 1.29 is 0 Å². The molecule has 12 aromatic rings. The molecule has 0 unspecified atom stereocenters. The maximum absolute atomic E-state index is 2.98. The molecule has 0 nitrogen and oxygen atoms in total. The van der Waals surface area contributed by atoms with Crippen LogP contribution in [-0.4, -0.2) is 8.07 Å². The predicted octanol–water partition coefficient (Wildman–Crippen LogP) is 13.4. The Morgan fingerprint density at radius 3 is 1.36 bits per heavy atom. The first-order valence-corrected chi connectivity index (χ1v) is 23.4. The van der Waals surface area contributed by atoms with E-state index in [1.165, 1.54) is 119 Å². The standard InChI is InChI=1S/C60H42Si/c1-39-38-56(40(2)37-54(39)60-51-28-13-11-26-49(51)59(50-27-12-14-29-52(50)60)48-30-16-18-41-17-9-10-25-47(41)48)61(45-21-5-3-6-22-45,46-23-7-4-8-24-46)55-36-34-44-32-31-42-19-15-20-43-33-35-53(55)58(44)57(42)43/h3-38H,1-2H3. The molecule has 0 heterocycles. The fourth-order valence-electron chi connectivity index (χ4n) is 11.0. The first-order valence-electron chi connectivity index (χ1n) is 21.4. The molecule has 0 N–H and O–H groups in total. The van der Waals surface area contributed by atoms with Crippen molar-refractivity contribution in [2.75, 3.05) is 0 Å². The fraction of sp³-hybridized carbons (Fsp3) is 0.0333. The summed E-state index contributed by atoms with van der Waals surface area (Å²) in [4.78, 5) is 0. The number of fused-ring (bicyclic) bond motifs is 3. The van der Waals surface area contributed by atoms with Crippen LogP contribution in [0.3, 0.4) is 0 Å². The number of hydrogen-bond donors (Lipinski definition) is 0. The Kier molecular flexibility index (Phi) is 8.10. The van der Waals surface area contributed by atoms with E-state index in [-0.39, 0.29) is 0 Å². The van der Waals surface area contributed by atoms with Crippen LogP contribution in [-0.2, 0) is 0 Å². The molecule has 0 aliphatic rings. The van der Waals surface area contributed by atoms with Gasteiger partial charge >= 0.3 is 0 Å². The van der Waals surface area contributed by atoms with Gasteiger partial charge in [0, 0.05) is 0 Å². The third kappa shape index (κ3) is 5.24. The summed E-state index contributed by atoms with van der Waals surface area (Å²) in [6.07, 6.45) is 0. The van der Waals surface area contributed by atoms with Crippen molar-refractivity contribution in [3.05, 3.63) is 230 Å². The molecule has 0 fully saturated rings. The molecule has 1 heteroatoms. The van der Waals surface area contributed by atoms with Crippen molar-refractivity contribution in [2.45, 2.75) is 13.8 Å². The lowest BCUT2D eigenvalue weighted by Crippen LogP contribution is -2.75. The second-order valence-corrected chi connectivity index (χ2v) is 20.5. The number of hydrogen-bond acceptors (Lipinski definition) is 0. The Hall–Kier alpha value is -7.32. The first kappa shape index (κ1) is 35.6. The molecule has 12 rings (SSSR count). The summed E-state index contributed by atoms with van der Waals surface area (Å²) < 4.78 is 0. The summed E-state index contributed by atoms with van der Waals surface area (Å²) in [5.74, 6) is 0. The van der Waals surface area contributed by atoms with Gasteiger partial charge in [0.2, 0.25) is 0 Å². The van der Waals surface area contributed by atoms with Crippen LogP contribution in [0.4, 0.5) is 0 Å². The van der Waals surface area contributed by atoms with Crippen LogP contribution in [0.15, 0.2) is 218 Å². The summed E-state index contributed by atoms with van der Waals surface area (Å²) >= 11 is 0. The van der Waals surface area contributed by atoms with Gasteiger partial charge in [0.15, 0.2) is 8.07 Å². The molecule has 0 atom stereocenters. The average Bonchev–Trinajstić information content (AvgIpc) is 3.32. The van der Waals surface area contributed by atoms with Crippen LogP contribution in [0.25, 0.3) is 86.9 Å². The minimum atomic E-state index is -2.98. The van der Waals surface area contributed by atoms with Gasteiger partial charge < -0.3 is 0 Å². The van der Waals surface area contributed by atoms with Crippen molar-refractivity contribution in [2.24, 2.45) is 0 Å². The van der Waals surface area contributed by atoms with Crippen molar-refractivity contribution in [3.63, 3.8) is 0 Å². The Balaban J connectivity index is 1.18. The first-order chi connectivity index (χ1) is 30.1. The third-order valence-electron chi connectivity index (χ3n) is 13.6. The minimum absolute atomic E-state index is 1.26. The molecule has 0 aromatic heterocycles. The van der Waals surface area contributed by atoms with E-state index in [0.717, 1.165) is 0 Å². The molecule has 286 valence electrons. The van der Waals surface area contributed by atoms with Crippen molar-refractivity contribution in [1.29, 1.82) is 0 Å². The molecule has 12 aromatic carbocycles. The second-order valence-electron chi connectivity index (χ2n) is 16.8. The molecule has 0 aliphatic carbocycles. The van der Waals surface area contributed by atoms with Crippen LogP contribution >= 0.6 is 0 Å². The van der Waals surface area contributed by atoms with Crippen LogP contribution in [0.2, 0.25) is 0 Å². The minimum Gasteiger partial charge on any atom is -0.0623 e. The van der Waals surface area contributed by atoms with Crippen molar-refractivity contribution in [1.82, 2.24) is 0 Å². The molecule has 0 saturated heterocycles. The molecule has 0 spiro atoms. The van der Waals surface area contributed by atoms with E-state index in [1.54, 1.807) is 0 Å². The van der Waals surface area contributed by atoms with Crippen molar-refractivity contribution in [3.8, 4) is 22.3 Å². The van der Waals surface area contributed by atoms with Gasteiger partial charge in [0.25, 0.3) is 0 Å². The van der Waals surface area contributed by atoms with Crippen LogP contribution in [0.5, 0.6) is 0 Å². The van der Waals surface area contributed by atoms with Crippen LogP contribution < -0.4 is 20.7 Å².